The first kappa shape index (κ1) is 42.9. The van der Waals surface area contributed by atoms with Gasteiger partial charge in [0.05, 0.1) is 31.5 Å². The summed E-state index contributed by atoms with van der Waals surface area (Å²) in [7, 11) is 0. The Morgan fingerprint density at radius 3 is 1.29 bits per heavy atom. The second-order valence-corrected chi connectivity index (χ2v) is 20.1. The summed E-state index contributed by atoms with van der Waals surface area (Å²) in [6.45, 7) is 0. The average Bonchev–Trinajstić information content (AvgIpc) is 4.18. The van der Waals surface area contributed by atoms with Gasteiger partial charge < -0.3 is 9.13 Å². The Balaban J connectivity index is 0.938. The zero-order valence-corrected chi connectivity index (χ0v) is 41.3. The molecule has 0 aliphatic heterocycles. The lowest BCUT2D eigenvalue weighted by Gasteiger charge is -2.14. The minimum absolute atomic E-state index is 0.602. The van der Waals surface area contributed by atoms with Crippen molar-refractivity contribution in [2.45, 2.75) is 0 Å². The van der Waals surface area contributed by atoms with Crippen LogP contribution in [0.15, 0.2) is 261 Å². The van der Waals surface area contributed by atoms with E-state index in [9.17, 15) is 0 Å². The molecule has 4 heterocycles. The van der Waals surface area contributed by atoms with Crippen LogP contribution in [0.1, 0.15) is 0 Å². The summed E-state index contributed by atoms with van der Waals surface area (Å²) in [6.07, 6.45) is 0. The zero-order chi connectivity index (χ0) is 49.4. The van der Waals surface area contributed by atoms with Gasteiger partial charge in [-0.2, -0.15) is 0 Å². The molecule has 0 bridgehead atoms. The number of nitrogens with zero attached hydrogens (tertiary/aromatic N) is 5. The van der Waals surface area contributed by atoms with Crippen molar-refractivity contribution in [2.75, 3.05) is 0 Å². The van der Waals surface area contributed by atoms with Crippen molar-refractivity contribution >= 4 is 75.1 Å². The van der Waals surface area contributed by atoms with E-state index in [-0.39, 0.29) is 0 Å². The highest BCUT2D eigenvalue weighted by atomic mass is 32.1. The van der Waals surface area contributed by atoms with Crippen molar-refractivity contribution in [3.8, 4) is 78.9 Å². The predicted octanol–water partition coefficient (Wildman–Crippen LogP) is 18.4. The largest absolute Gasteiger partial charge is 0.308 e. The first-order valence-corrected chi connectivity index (χ1v) is 26.2. The lowest BCUT2D eigenvalue weighted by Crippen LogP contribution is -2.02. The number of para-hydroxylation sites is 2. The van der Waals surface area contributed by atoms with Crippen molar-refractivity contribution in [2.24, 2.45) is 0 Å². The highest BCUT2D eigenvalue weighted by molar-refractivity contribution is 7.27. The molecule has 0 amide bonds. The topological polar surface area (TPSA) is 48.5 Å². The second-order valence-electron chi connectivity index (χ2n) is 19.1. The van der Waals surface area contributed by atoms with E-state index in [0.717, 1.165) is 55.8 Å². The number of aromatic nitrogens is 5. The summed E-state index contributed by atoms with van der Waals surface area (Å²) < 4.78 is 7.44. The molecule has 0 atom stereocenters. The molecule has 6 heteroatoms. The molecule has 0 aliphatic rings. The minimum atomic E-state index is 0.602. The number of rotatable bonds is 8. The molecule has 0 spiro atoms. The van der Waals surface area contributed by atoms with Crippen LogP contribution in [0.3, 0.4) is 0 Å². The lowest BCUT2D eigenvalue weighted by molar-refractivity contribution is 1.07. The molecule has 350 valence electrons. The van der Waals surface area contributed by atoms with Crippen LogP contribution in [-0.2, 0) is 0 Å². The van der Waals surface area contributed by atoms with E-state index < -0.39 is 0 Å². The number of thiophene rings is 1. The van der Waals surface area contributed by atoms with E-state index >= 15 is 0 Å². The number of fused-ring (bicyclic) bond motifs is 11. The highest BCUT2D eigenvalue weighted by Crippen LogP contribution is 2.47. The van der Waals surface area contributed by atoms with Crippen LogP contribution in [-0.4, -0.2) is 24.1 Å². The fourth-order valence-electron chi connectivity index (χ4n) is 11.3. The molecule has 0 saturated heterocycles. The molecule has 0 fully saturated rings. The van der Waals surface area contributed by atoms with Gasteiger partial charge in [-0.15, -0.1) is 11.3 Å². The molecule has 0 aliphatic carbocycles. The van der Waals surface area contributed by atoms with Gasteiger partial charge in [0.1, 0.15) is 0 Å². The van der Waals surface area contributed by atoms with Gasteiger partial charge in [-0.3, -0.25) is 0 Å². The molecule has 0 radical (unpaired) electrons. The smallest absolute Gasteiger partial charge is 0.164 e. The fourth-order valence-corrected chi connectivity index (χ4v) is 12.7. The Kier molecular flexibility index (Phi) is 10.00. The normalized spacial score (nSPS) is 11.7. The third-order valence-electron chi connectivity index (χ3n) is 14.8. The molecule has 4 aromatic heterocycles. The van der Waals surface area contributed by atoms with Crippen molar-refractivity contribution in [3.63, 3.8) is 0 Å². The number of hydrogen-bond acceptors (Lipinski definition) is 4. The van der Waals surface area contributed by atoms with Gasteiger partial charge in [0, 0.05) is 60.4 Å². The Hall–Kier alpha value is -9.75. The summed E-state index contributed by atoms with van der Waals surface area (Å²) >= 11 is 1.89. The monoisotopic (exact) mass is 973 g/mol. The third kappa shape index (κ3) is 7.10. The fraction of sp³-hybridized carbons (Fsp3) is 0. The first-order valence-electron chi connectivity index (χ1n) is 25.3. The zero-order valence-electron chi connectivity index (χ0n) is 40.5. The summed E-state index contributed by atoms with van der Waals surface area (Å²) in [5.74, 6) is 1.83. The Morgan fingerprint density at radius 1 is 0.253 bits per heavy atom. The molecule has 15 aromatic rings. The maximum atomic E-state index is 5.36. The van der Waals surface area contributed by atoms with Crippen LogP contribution in [0.5, 0.6) is 0 Å². The quantitative estimate of drug-likeness (QED) is 0.152. The van der Waals surface area contributed by atoms with Crippen molar-refractivity contribution < 1.29 is 0 Å². The highest BCUT2D eigenvalue weighted by Gasteiger charge is 2.23. The summed E-state index contributed by atoms with van der Waals surface area (Å²) in [6, 6.07) is 93.2. The molecule has 11 aromatic carbocycles. The standard InChI is InChI=1S/C69H43N5S/c1-4-18-44(19-5-1)46-34-36-51(37-35-46)73-61-32-14-12-29-54(61)56-38-40-58-59-41-39-57-55-30-13-15-33-62(55)74(64(57)66(59)75-65(58)63(56)73)52-27-17-26-50(43-52)68-70-67(49-25-16-24-48(42-49)45-20-6-2-7-21-45)71-69(72-68)60-31-11-10-28-53(60)47-22-8-3-9-23-47/h1-43H. The third-order valence-corrected chi connectivity index (χ3v) is 16.0. The van der Waals surface area contributed by atoms with Gasteiger partial charge in [0.15, 0.2) is 17.5 Å². The van der Waals surface area contributed by atoms with E-state index in [4.69, 9.17) is 15.0 Å². The number of benzene rings is 11. The van der Waals surface area contributed by atoms with Crippen LogP contribution < -0.4 is 0 Å². The van der Waals surface area contributed by atoms with E-state index in [1.807, 2.05) is 23.5 Å². The predicted molar refractivity (Wildman–Crippen MR) is 314 cm³/mol. The summed E-state index contributed by atoms with van der Waals surface area (Å²) in [4.78, 5) is 16.0. The van der Waals surface area contributed by atoms with Crippen LogP contribution in [0.4, 0.5) is 0 Å². The van der Waals surface area contributed by atoms with Crippen molar-refractivity contribution in [3.05, 3.63) is 261 Å². The molecule has 0 saturated carbocycles. The molecule has 75 heavy (non-hydrogen) atoms. The molecule has 15 rings (SSSR count). The van der Waals surface area contributed by atoms with Gasteiger partial charge in [-0.1, -0.05) is 218 Å². The van der Waals surface area contributed by atoms with E-state index in [1.54, 1.807) is 0 Å². The van der Waals surface area contributed by atoms with E-state index in [0.29, 0.717) is 17.5 Å². The molecule has 0 unspecified atom stereocenters. The maximum Gasteiger partial charge on any atom is 0.164 e. The molecular weight excluding hydrogens is 931 g/mol. The first-order chi connectivity index (χ1) is 37.2. The summed E-state index contributed by atoms with van der Waals surface area (Å²) in [5, 5.41) is 7.39. The second kappa shape index (κ2) is 17.5. The van der Waals surface area contributed by atoms with Gasteiger partial charge in [0.25, 0.3) is 0 Å². The Morgan fingerprint density at radius 2 is 0.680 bits per heavy atom. The van der Waals surface area contributed by atoms with Crippen LogP contribution >= 0.6 is 11.3 Å². The maximum absolute atomic E-state index is 5.36. The Bertz CT molecular complexity index is 4690. The average molecular weight is 974 g/mol. The van der Waals surface area contributed by atoms with E-state index in [2.05, 4.69) is 258 Å². The molecule has 0 N–H and O–H groups in total. The summed E-state index contributed by atoms with van der Waals surface area (Å²) in [5.41, 5.74) is 16.5. The van der Waals surface area contributed by atoms with Crippen molar-refractivity contribution in [1.29, 1.82) is 0 Å². The molecular formula is C69H43N5S. The Labute approximate surface area is 436 Å². The van der Waals surface area contributed by atoms with Crippen LogP contribution in [0.25, 0.3) is 143 Å². The SMILES string of the molecule is c1ccc(-c2ccc(-n3c4ccccc4c4ccc5c6ccc7c8ccccc8n(-c8cccc(-c9nc(-c%10cccc(-c%11ccccc%11)c%10)nc(-c%10ccccc%10-c%10ccccc%10)n9)c8)c7c6sc5c43)cc2)cc1. The van der Waals surface area contributed by atoms with Gasteiger partial charge >= 0.3 is 0 Å². The number of hydrogen-bond donors (Lipinski definition) is 0. The van der Waals surface area contributed by atoms with Crippen LogP contribution in [0, 0.1) is 0 Å². The van der Waals surface area contributed by atoms with E-state index in [1.165, 1.54) is 69.4 Å². The van der Waals surface area contributed by atoms with Crippen molar-refractivity contribution in [1.82, 2.24) is 24.1 Å². The van der Waals surface area contributed by atoms with Gasteiger partial charge in [-0.05, 0) is 75.8 Å². The molecule has 5 nitrogen and oxygen atoms in total. The van der Waals surface area contributed by atoms with Crippen LogP contribution in [0.2, 0.25) is 0 Å². The lowest BCUT2D eigenvalue weighted by atomic mass is 9.99. The van der Waals surface area contributed by atoms with Gasteiger partial charge in [0.2, 0.25) is 0 Å². The minimum Gasteiger partial charge on any atom is -0.308 e. The van der Waals surface area contributed by atoms with Gasteiger partial charge in [-0.25, -0.2) is 15.0 Å².